The fourth-order valence-corrected chi connectivity index (χ4v) is 3.70. The van der Waals surface area contributed by atoms with Crippen LogP contribution < -0.4 is 5.32 Å². The summed E-state index contributed by atoms with van der Waals surface area (Å²) in [6, 6.07) is 8.30. The Balaban J connectivity index is 1.51. The highest BCUT2D eigenvalue weighted by atomic mass is 16.5. The molecule has 0 aliphatic carbocycles. The average Bonchev–Trinajstić information content (AvgIpc) is 3.28. The van der Waals surface area contributed by atoms with Crippen molar-refractivity contribution in [2.75, 3.05) is 46.4 Å². The van der Waals surface area contributed by atoms with E-state index in [1.54, 1.807) is 7.05 Å². The quantitative estimate of drug-likeness (QED) is 0.593. The summed E-state index contributed by atoms with van der Waals surface area (Å²) in [5.74, 6) is 1.01. The van der Waals surface area contributed by atoms with Gasteiger partial charge in [-0.15, -0.1) is 0 Å². The average molecular weight is 389 g/mol. The molecule has 0 aromatic heterocycles. The fraction of sp³-hybridized carbons (Fsp3) is 0.619. The molecule has 7 heteroatoms. The summed E-state index contributed by atoms with van der Waals surface area (Å²) in [5, 5.41) is 3.46. The maximum atomic E-state index is 12.5. The molecule has 0 radical (unpaired) electrons. The molecule has 28 heavy (non-hydrogen) atoms. The third kappa shape index (κ3) is 5.23. The number of guanidine groups is 1. The van der Waals surface area contributed by atoms with Crippen LogP contribution in [0.2, 0.25) is 0 Å². The Bertz CT molecular complexity index is 665. The second kappa shape index (κ2) is 10.4. The van der Waals surface area contributed by atoms with E-state index in [9.17, 15) is 4.79 Å². The lowest BCUT2D eigenvalue weighted by molar-refractivity contribution is -0.142. The Labute approximate surface area is 167 Å². The highest BCUT2D eigenvalue weighted by Gasteiger charge is 2.30. The molecule has 0 saturated carbocycles. The van der Waals surface area contributed by atoms with Crippen LogP contribution >= 0.6 is 0 Å². The first kappa shape index (κ1) is 20.6. The third-order valence-corrected chi connectivity index (χ3v) is 5.32. The molecule has 1 atom stereocenters. The molecular weight excluding hydrogens is 356 g/mol. The van der Waals surface area contributed by atoms with Gasteiger partial charge in [0.1, 0.15) is 6.10 Å². The first-order chi connectivity index (χ1) is 13.7. The van der Waals surface area contributed by atoms with Crippen LogP contribution in [0.25, 0.3) is 0 Å². The SMILES string of the molecule is CCOCc1ccccc1CNC(=NC)N1CCN(C(=O)C2CCCO2)CC1. The molecule has 2 heterocycles. The minimum atomic E-state index is -0.231. The molecular formula is C21H32N4O3. The van der Waals surface area contributed by atoms with Gasteiger partial charge in [-0.1, -0.05) is 24.3 Å². The predicted octanol–water partition coefficient (Wildman–Crippen LogP) is 1.62. The van der Waals surface area contributed by atoms with E-state index in [0.717, 1.165) is 31.9 Å². The van der Waals surface area contributed by atoms with Gasteiger partial charge in [0.2, 0.25) is 0 Å². The molecule has 1 unspecified atom stereocenters. The van der Waals surface area contributed by atoms with Crippen LogP contribution in [-0.4, -0.2) is 74.2 Å². The lowest BCUT2D eigenvalue weighted by atomic mass is 10.1. The normalized spacial score (nSPS) is 20.5. The molecule has 1 aromatic rings. The summed E-state index contributed by atoms with van der Waals surface area (Å²) in [4.78, 5) is 21.1. The second-order valence-electron chi connectivity index (χ2n) is 7.12. The lowest BCUT2D eigenvalue weighted by Crippen LogP contribution is -2.55. The van der Waals surface area contributed by atoms with E-state index < -0.39 is 0 Å². The van der Waals surface area contributed by atoms with Crippen molar-refractivity contribution in [1.82, 2.24) is 15.1 Å². The Morgan fingerprint density at radius 1 is 1.21 bits per heavy atom. The van der Waals surface area contributed by atoms with Crippen molar-refractivity contribution >= 4 is 11.9 Å². The number of ether oxygens (including phenoxy) is 2. The maximum absolute atomic E-state index is 12.5. The predicted molar refractivity (Wildman–Crippen MR) is 109 cm³/mol. The Kier molecular flexibility index (Phi) is 7.68. The zero-order valence-electron chi connectivity index (χ0n) is 17.0. The van der Waals surface area contributed by atoms with Crippen molar-refractivity contribution in [3.8, 4) is 0 Å². The van der Waals surface area contributed by atoms with Crippen LogP contribution in [0.5, 0.6) is 0 Å². The second-order valence-corrected chi connectivity index (χ2v) is 7.12. The maximum Gasteiger partial charge on any atom is 0.251 e. The van der Waals surface area contributed by atoms with Crippen LogP contribution in [0, 0.1) is 0 Å². The highest BCUT2D eigenvalue weighted by Crippen LogP contribution is 2.16. The van der Waals surface area contributed by atoms with Gasteiger partial charge in [0.15, 0.2) is 5.96 Å². The third-order valence-electron chi connectivity index (χ3n) is 5.32. The van der Waals surface area contributed by atoms with E-state index >= 15 is 0 Å². The number of nitrogens with zero attached hydrogens (tertiary/aromatic N) is 3. The van der Waals surface area contributed by atoms with Gasteiger partial charge in [0.05, 0.1) is 6.61 Å². The van der Waals surface area contributed by atoms with Gasteiger partial charge in [0, 0.05) is 53.0 Å². The monoisotopic (exact) mass is 388 g/mol. The fourth-order valence-electron chi connectivity index (χ4n) is 3.70. The smallest absolute Gasteiger partial charge is 0.251 e. The largest absolute Gasteiger partial charge is 0.377 e. The van der Waals surface area contributed by atoms with Crippen molar-refractivity contribution in [2.45, 2.75) is 39.0 Å². The number of carbonyl (C=O) groups is 1. The van der Waals surface area contributed by atoms with Crippen LogP contribution in [-0.2, 0) is 27.4 Å². The van der Waals surface area contributed by atoms with Gasteiger partial charge in [0.25, 0.3) is 5.91 Å². The molecule has 1 amide bonds. The van der Waals surface area contributed by atoms with Crippen LogP contribution in [0.4, 0.5) is 0 Å². The number of nitrogens with one attached hydrogen (secondary N) is 1. The van der Waals surface area contributed by atoms with Crippen molar-refractivity contribution in [1.29, 1.82) is 0 Å². The highest BCUT2D eigenvalue weighted by molar-refractivity contribution is 5.82. The summed E-state index contributed by atoms with van der Waals surface area (Å²) >= 11 is 0. The first-order valence-electron chi connectivity index (χ1n) is 10.2. The molecule has 154 valence electrons. The van der Waals surface area contributed by atoms with E-state index in [2.05, 4.69) is 27.3 Å². The van der Waals surface area contributed by atoms with Gasteiger partial charge in [-0.05, 0) is 30.9 Å². The summed E-state index contributed by atoms with van der Waals surface area (Å²) in [6.07, 6.45) is 1.60. The van der Waals surface area contributed by atoms with Crippen molar-refractivity contribution in [3.63, 3.8) is 0 Å². The van der Waals surface area contributed by atoms with Crippen molar-refractivity contribution in [2.24, 2.45) is 4.99 Å². The number of aliphatic imine (C=N–C) groups is 1. The summed E-state index contributed by atoms with van der Waals surface area (Å²) in [6.45, 7) is 7.71. The van der Waals surface area contributed by atoms with Crippen molar-refractivity contribution in [3.05, 3.63) is 35.4 Å². The molecule has 0 bridgehead atoms. The first-order valence-corrected chi connectivity index (χ1v) is 10.2. The molecule has 7 nitrogen and oxygen atoms in total. The zero-order valence-corrected chi connectivity index (χ0v) is 17.0. The Morgan fingerprint density at radius 3 is 2.57 bits per heavy atom. The Hall–Kier alpha value is -2.12. The zero-order chi connectivity index (χ0) is 19.8. The number of rotatable bonds is 6. The van der Waals surface area contributed by atoms with Crippen LogP contribution in [0.15, 0.2) is 29.3 Å². The number of hydrogen-bond donors (Lipinski definition) is 1. The topological polar surface area (TPSA) is 66.4 Å². The molecule has 2 saturated heterocycles. The van der Waals surface area contributed by atoms with E-state index in [-0.39, 0.29) is 12.0 Å². The number of hydrogen-bond acceptors (Lipinski definition) is 4. The number of amides is 1. The van der Waals surface area contributed by atoms with Gasteiger partial charge in [-0.2, -0.15) is 0 Å². The Morgan fingerprint density at radius 2 is 1.93 bits per heavy atom. The minimum Gasteiger partial charge on any atom is -0.377 e. The molecule has 2 aliphatic heterocycles. The minimum absolute atomic E-state index is 0.143. The van der Waals surface area contributed by atoms with Gasteiger partial charge in [-0.25, -0.2) is 0 Å². The van der Waals surface area contributed by atoms with Crippen molar-refractivity contribution < 1.29 is 14.3 Å². The molecule has 2 aliphatic rings. The molecule has 0 spiro atoms. The van der Waals surface area contributed by atoms with Gasteiger partial charge >= 0.3 is 0 Å². The van der Waals surface area contributed by atoms with Crippen LogP contribution in [0.3, 0.4) is 0 Å². The van der Waals surface area contributed by atoms with Gasteiger partial charge in [-0.3, -0.25) is 9.79 Å². The van der Waals surface area contributed by atoms with E-state index in [1.807, 2.05) is 24.0 Å². The number of carbonyl (C=O) groups excluding carboxylic acids is 1. The summed E-state index contributed by atoms with van der Waals surface area (Å²) in [7, 11) is 1.80. The summed E-state index contributed by atoms with van der Waals surface area (Å²) in [5.41, 5.74) is 2.41. The molecule has 3 rings (SSSR count). The molecule has 1 aromatic carbocycles. The van der Waals surface area contributed by atoms with Crippen LogP contribution in [0.1, 0.15) is 30.9 Å². The standard InChI is InChI=1S/C21H32N4O3/c1-3-27-16-18-8-5-4-7-17(18)15-23-21(22-2)25-12-10-24(11-13-25)20(26)19-9-6-14-28-19/h4-5,7-8,19H,3,6,9-16H2,1-2H3,(H,22,23). The molecule has 1 N–H and O–H groups in total. The molecule has 2 fully saturated rings. The van der Waals surface area contributed by atoms with E-state index in [0.29, 0.717) is 39.5 Å². The van der Waals surface area contributed by atoms with E-state index in [4.69, 9.17) is 9.47 Å². The lowest BCUT2D eigenvalue weighted by Gasteiger charge is -2.37. The van der Waals surface area contributed by atoms with Gasteiger partial charge < -0.3 is 24.6 Å². The van der Waals surface area contributed by atoms with E-state index in [1.165, 1.54) is 11.1 Å². The number of benzene rings is 1. The summed E-state index contributed by atoms with van der Waals surface area (Å²) < 4.78 is 11.1. The number of piperazine rings is 1.